The zero-order chi connectivity index (χ0) is 22.8. The van der Waals surface area contributed by atoms with Gasteiger partial charge in [-0.05, 0) is 62.2 Å². The summed E-state index contributed by atoms with van der Waals surface area (Å²) in [5, 5.41) is 11.1. The van der Waals surface area contributed by atoms with E-state index in [0.717, 1.165) is 18.2 Å². The fraction of sp³-hybridized carbons (Fsp3) is 0.409. The Balaban J connectivity index is 2.04. The molecule has 1 fully saturated rings. The molecule has 0 unspecified atom stereocenters. The van der Waals surface area contributed by atoms with E-state index in [0.29, 0.717) is 25.3 Å². The van der Waals surface area contributed by atoms with Gasteiger partial charge in [0, 0.05) is 30.9 Å². The van der Waals surface area contributed by atoms with Gasteiger partial charge < -0.3 is 4.90 Å². The first kappa shape index (κ1) is 23.3. The molecule has 0 bridgehead atoms. The largest absolute Gasteiger partial charge is 0.416 e. The van der Waals surface area contributed by atoms with Crippen LogP contribution in [-0.2, 0) is 17.6 Å². The molecule has 0 aromatic heterocycles. The molecule has 3 rings (SSSR count). The van der Waals surface area contributed by atoms with Crippen LogP contribution in [0.3, 0.4) is 0 Å². The molecule has 0 radical (unpaired) electrons. The minimum Gasteiger partial charge on any atom is -0.363 e. The molecule has 1 aliphatic heterocycles. The zero-order valence-corrected chi connectivity index (χ0v) is 17.8. The number of halogens is 5. The van der Waals surface area contributed by atoms with Crippen molar-refractivity contribution in [2.24, 2.45) is 0 Å². The van der Waals surface area contributed by atoms with Gasteiger partial charge >= 0.3 is 6.18 Å². The number of hydrogen-bond donors (Lipinski definition) is 0. The standard InChI is InChI=1S/C22H22ClF4N3O/c1-14(2)30-13-19(7-8-31-30)29(18-5-3-15(11-28)21(23)10-18)12-16-9-17(24)4-6-20(16)22(25,26)27/h3-6,9-10,14,19H,7-8,12-13H2,1-2H3/t19-/m0/s1. The molecule has 4 nitrogen and oxygen atoms in total. The van der Waals surface area contributed by atoms with E-state index in [9.17, 15) is 17.6 Å². The highest BCUT2D eigenvalue weighted by Gasteiger charge is 2.35. The molecule has 0 amide bonds. The van der Waals surface area contributed by atoms with Crippen LogP contribution in [0.1, 0.15) is 37.0 Å². The molecule has 0 spiro atoms. The number of anilines is 1. The molecule has 31 heavy (non-hydrogen) atoms. The van der Waals surface area contributed by atoms with Crippen molar-refractivity contribution in [3.05, 3.63) is 63.9 Å². The number of nitriles is 1. The van der Waals surface area contributed by atoms with Gasteiger partial charge in [-0.3, -0.25) is 4.84 Å². The molecular formula is C22H22ClF4N3O. The summed E-state index contributed by atoms with van der Waals surface area (Å²) in [7, 11) is 0. The molecule has 166 valence electrons. The second-order valence-electron chi connectivity index (χ2n) is 7.67. The molecule has 1 atom stereocenters. The van der Waals surface area contributed by atoms with Crippen LogP contribution in [0.4, 0.5) is 23.2 Å². The minimum absolute atomic E-state index is 0.0779. The van der Waals surface area contributed by atoms with Crippen molar-refractivity contribution in [2.75, 3.05) is 18.1 Å². The lowest BCUT2D eigenvalue weighted by Gasteiger charge is -2.41. The Kier molecular flexibility index (Phi) is 7.10. The first-order chi connectivity index (χ1) is 14.6. The summed E-state index contributed by atoms with van der Waals surface area (Å²) in [6.45, 7) is 4.59. The highest BCUT2D eigenvalue weighted by atomic mass is 35.5. The van der Waals surface area contributed by atoms with E-state index in [2.05, 4.69) is 0 Å². The fourth-order valence-electron chi connectivity index (χ4n) is 3.63. The lowest BCUT2D eigenvalue weighted by atomic mass is 10.0. The number of benzene rings is 2. The van der Waals surface area contributed by atoms with Crippen LogP contribution in [0.2, 0.25) is 5.02 Å². The summed E-state index contributed by atoms with van der Waals surface area (Å²) < 4.78 is 54.6. The lowest BCUT2D eigenvalue weighted by Crippen LogP contribution is -2.50. The topological polar surface area (TPSA) is 39.5 Å². The van der Waals surface area contributed by atoms with Crippen molar-refractivity contribution < 1.29 is 22.4 Å². The molecule has 0 saturated carbocycles. The molecule has 1 saturated heterocycles. The summed E-state index contributed by atoms with van der Waals surface area (Å²) in [5.74, 6) is -0.739. The Morgan fingerprint density at radius 1 is 1.26 bits per heavy atom. The van der Waals surface area contributed by atoms with E-state index in [-0.39, 0.29) is 34.8 Å². The molecule has 0 N–H and O–H groups in total. The number of alkyl halides is 3. The highest BCUT2D eigenvalue weighted by Crippen LogP contribution is 2.35. The van der Waals surface area contributed by atoms with Crippen LogP contribution >= 0.6 is 11.6 Å². The van der Waals surface area contributed by atoms with Gasteiger partial charge in [-0.25, -0.2) is 4.39 Å². The molecular weight excluding hydrogens is 434 g/mol. The van der Waals surface area contributed by atoms with Crippen molar-refractivity contribution in [1.29, 1.82) is 5.26 Å². The first-order valence-electron chi connectivity index (χ1n) is 9.81. The van der Waals surface area contributed by atoms with Gasteiger partial charge in [0.25, 0.3) is 0 Å². The SMILES string of the molecule is CC(C)N1C[C@@H](N(Cc2cc(F)ccc2C(F)(F)F)c2ccc(C#N)c(Cl)c2)CCO1. The van der Waals surface area contributed by atoms with Crippen LogP contribution < -0.4 is 4.90 Å². The average molecular weight is 456 g/mol. The molecule has 9 heteroatoms. The van der Waals surface area contributed by atoms with Crippen LogP contribution in [0.25, 0.3) is 0 Å². The average Bonchev–Trinajstić information content (AvgIpc) is 2.71. The molecule has 1 heterocycles. The zero-order valence-electron chi connectivity index (χ0n) is 17.1. The van der Waals surface area contributed by atoms with Crippen LogP contribution in [0.15, 0.2) is 36.4 Å². The van der Waals surface area contributed by atoms with Crippen LogP contribution in [-0.4, -0.2) is 30.3 Å². The van der Waals surface area contributed by atoms with Crippen LogP contribution in [0, 0.1) is 17.1 Å². The molecule has 2 aromatic carbocycles. The maximum atomic E-state index is 13.9. The van der Waals surface area contributed by atoms with Crippen molar-refractivity contribution in [3.63, 3.8) is 0 Å². The molecule has 0 aliphatic carbocycles. The third-order valence-electron chi connectivity index (χ3n) is 5.23. The predicted molar refractivity (Wildman–Crippen MR) is 110 cm³/mol. The molecule has 1 aliphatic rings. The maximum Gasteiger partial charge on any atom is 0.416 e. The number of hydroxylamine groups is 2. The second kappa shape index (κ2) is 9.43. The number of nitrogens with zero attached hydrogens (tertiary/aromatic N) is 3. The smallest absolute Gasteiger partial charge is 0.363 e. The third kappa shape index (κ3) is 5.48. The predicted octanol–water partition coefficient (Wildman–Crippen LogP) is 5.79. The normalized spacial score (nSPS) is 17.6. The quantitative estimate of drug-likeness (QED) is 0.535. The second-order valence-corrected chi connectivity index (χ2v) is 8.08. The third-order valence-corrected chi connectivity index (χ3v) is 5.55. The summed E-state index contributed by atoms with van der Waals surface area (Å²) in [5.41, 5.74) is -0.234. The van der Waals surface area contributed by atoms with Crippen molar-refractivity contribution in [3.8, 4) is 6.07 Å². The first-order valence-corrected chi connectivity index (χ1v) is 10.2. The summed E-state index contributed by atoms with van der Waals surface area (Å²) >= 11 is 6.20. The summed E-state index contributed by atoms with van der Waals surface area (Å²) in [6, 6.07) is 9.07. The lowest BCUT2D eigenvalue weighted by molar-refractivity contribution is -0.203. The minimum atomic E-state index is -4.61. The Morgan fingerprint density at radius 3 is 2.61 bits per heavy atom. The fourth-order valence-corrected chi connectivity index (χ4v) is 3.85. The van der Waals surface area contributed by atoms with Gasteiger partial charge in [-0.15, -0.1) is 0 Å². The summed E-state index contributed by atoms with van der Waals surface area (Å²) in [6.07, 6.45) is -4.05. The van der Waals surface area contributed by atoms with Crippen molar-refractivity contribution in [1.82, 2.24) is 5.06 Å². The highest BCUT2D eigenvalue weighted by molar-refractivity contribution is 6.32. The number of hydrogen-bond acceptors (Lipinski definition) is 4. The van der Waals surface area contributed by atoms with E-state index < -0.39 is 17.6 Å². The van der Waals surface area contributed by atoms with Gasteiger partial charge in [0.1, 0.15) is 11.9 Å². The van der Waals surface area contributed by atoms with Gasteiger partial charge in [0.2, 0.25) is 0 Å². The Morgan fingerprint density at radius 2 is 2.00 bits per heavy atom. The number of rotatable bonds is 5. The Labute approximate surface area is 183 Å². The maximum absolute atomic E-state index is 13.9. The summed E-state index contributed by atoms with van der Waals surface area (Å²) in [4.78, 5) is 7.43. The van der Waals surface area contributed by atoms with Gasteiger partial charge in [-0.1, -0.05) is 11.6 Å². The van der Waals surface area contributed by atoms with E-state index in [1.165, 1.54) is 6.07 Å². The van der Waals surface area contributed by atoms with E-state index >= 15 is 0 Å². The van der Waals surface area contributed by atoms with Gasteiger partial charge in [0.05, 0.1) is 22.8 Å². The van der Waals surface area contributed by atoms with Crippen molar-refractivity contribution in [2.45, 2.75) is 45.1 Å². The van der Waals surface area contributed by atoms with E-state index in [4.69, 9.17) is 21.7 Å². The van der Waals surface area contributed by atoms with E-state index in [1.54, 1.807) is 22.1 Å². The van der Waals surface area contributed by atoms with Gasteiger partial charge in [-0.2, -0.15) is 23.5 Å². The monoisotopic (exact) mass is 455 g/mol. The van der Waals surface area contributed by atoms with Crippen LogP contribution in [0.5, 0.6) is 0 Å². The Hall–Kier alpha value is -2.34. The van der Waals surface area contributed by atoms with E-state index in [1.807, 2.05) is 19.9 Å². The van der Waals surface area contributed by atoms with Crippen molar-refractivity contribution >= 4 is 17.3 Å². The Bertz CT molecular complexity index is 974. The molecule has 2 aromatic rings. The van der Waals surface area contributed by atoms with Gasteiger partial charge in [0.15, 0.2) is 0 Å².